The minimum Gasteiger partial charge on any atom is -0.496 e. The standard InChI is InChI=1S/C25H33N3O6/c1-15(2)21(28-22(29)17-10-8-9-11-19(17)32-6)23(30)26-16-12-13-20(33-7)18(14-16)27-24(31)34-25(3,4)5/h8-15,21H,1-7H3,(H,26,30)(H,27,31)(H,28,29). The lowest BCUT2D eigenvalue weighted by molar-refractivity contribution is -0.118. The van der Waals surface area contributed by atoms with Crippen molar-refractivity contribution in [1.82, 2.24) is 5.32 Å². The maximum atomic E-state index is 13.1. The second-order valence-electron chi connectivity index (χ2n) is 8.93. The number of carbonyl (C=O) groups is 3. The van der Waals surface area contributed by atoms with E-state index in [0.29, 0.717) is 28.4 Å². The zero-order valence-corrected chi connectivity index (χ0v) is 20.6. The Kier molecular flexibility index (Phi) is 8.89. The molecule has 0 saturated carbocycles. The molecule has 184 valence electrons. The minimum atomic E-state index is -0.818. The van der Waals surface area contributed by atoms with Crippen molar-refractivity contribution in [1.29, 1.82) is 0 Å². The Morgan fingerprint density at radius 3 is 2.12 bits per heavy atom. The molecule has 2 aromatic rings. The predicted octanol–water partition coefficient (Wildman–Crippen LogP) is 4.44. The number of nitrogens with one attached hydrogen (secondary N) is 3. The summed E-state index contributed by atoms with van der Waals surface area (Å²) in [5, 5.41) is 8.20. The molecule has 34 heavy (non-hydrogen) atoms. The molecule has 2 rings (SSSR count). The van der Waals surface area contributed by atoms with Gasteiger partial charge in [-0.3, -0.25) is 14.9 Å². The summed E-state index contributed by atoms with van der Waals surface area (Å²) in [6, 6.07) is 10.8. The fourth-order valence-corrected chi connectivity index (χ4v) is 3.10. The third-order valence-electron chi connectivity index (χ3n) is 4.69. The lowest BCUT2D eigenvalue weighted by Gasteiger charge is -2.23. The number of benzene rings is 2. The van der Waals surface area contributed by atoms with Gasteiger partial charge < -0.3 is 24.8 Å². The maximum absolute atomic E-state index is 13.1. The SMILES string of the molecule is COc1ccc(NC(=O)C(NC(=O)c2ccccc2OC)C(C)C)cc1NC(=O)OC(C)(C)C. The van der Waals surface area contributed by atoms with Crippen LogP contribution in [0.4, 0.5) is 16.2 Å². The number of methoxy groups -OCH3 is 2. The van der Waals surface area contributed by atoms with E-state index < -0.39 is 29.6 Å². The summed E-state index contributed by atoms with van der Waals surface area (Å²) in [4.78, 5) is 38.1. The Morgan fingerprint density at radius 1 is 0.882 bits per heavy atom. The van der Waals surface area contributed by atoms with Gasteiger partial charge in [-0.05, 0) is 57.0 Å². The van der Waals surface area contributed by atoms with Crippen LogP contribution in [0, 0.1) is 5.92 Å². The topological polar surface area (TPSA) is 115 Å². The molecule has 0 aromatic heterocycles. The number of hydrogen-bond donors (Lipinski definition) is 3. The molecule has 3 amide bonds. The number of amides is 3. The van der Waals surface area contributed by atoms with Crippen LogP contribution in [-0.2, 0) is 9.53 Å². The van der Waals surface area contributed by atoms with Gasteiger partial charge in [0.05, 0.1) is 25.5 Å². The van der Waals surface area contributed by atoms with Gasteiger partial charge in [-0.1, -0.05) is 26.0 Å². The lowest BCUT2D eigenvalue weighted by Crippen LogP contribution is -2.47. The maximum Gasteiger partial charge on any atom is 0.412 e. The largest absolute Gasteiger partial charge is 0.496 e. The van der Waals surface area contributed by atoms with Crippen molar-refractivity contribution >= 4 is 29.3 Å². The molecule has 0 saturated heterocycles. The van der Waals surface area contributed by atoms with Crippen LogP contribution < -0.4 is 25.4 Å². The highest BCUT2D eigenvalue weighted by Gasteiger charge is 2.26. The second kappa shape index (κ2) is 11.4. The molecule has 9 heteroatoms. The number of hydrogen-bond acceptors (Lipinski definition) is 6. The molecule has 1 atom stereocenters. The van der Waals surface area contributed by atoms with Gasteiger partial charge in [0.1, 0.15) is 23.1 Å². The first kappa shape index (κ1) is 26.5. The Bertz CT molecular complexity index is 1030. The third kappa shape index (κ3) is 7.40. The van der Waals surface area contributed by atoms with Gasteiger partial charge in [0.2, 0.25) is 5.91 Å². The number of rotatable bonds is 8. The van der Waals surface area contributed by atoms with Crippen molar-refractivity contribution in [2.24, 2.45) is 5.92 Å². The monoisotopic (exact) mass is 471 g/mol. The van der Waals surface area contributed by atoms with Crippen LogP contribution >= 0.6 is 0 Å². The van der Waals surface area contributed by atoms with Crippen LogP contribution in [0.2, 0.25) is 0 Å². The Hall–Kier alpha value is -3.75. The minimum absolute atomic E-state index is 0.198. The average molecular weight is 472 g/mol. The van der Waals surface area contributed by atoms with Crippen molar-refractivity contribution in [3.8, 4) is 11.5 Å². The molecule has 0 spiro atoms. The Balaban J connectivity index is 2.19. The second-order valence-corrected chi connectivity index (χ2v) is 8.93. The number of ether oxygens (including phenoxy) is 3. The molecule has 9 nitrogen and oxygen atoms in total. The molecule has 1 unspecified atom stereocenters. The van der Waals surface area contributed by atoms with E-state index in [1.54, 1.807) is 63.2 Å². The van der Waals surface area contributed by atoms with Crippen LogP contribution in [0.15, 0.2) is 42.5 Å². The van der Waals surface area contributed by atoms with E-state index in [9.17, 15) is 14.4 Å². The molecular formula is C25H33N3O6. The first-order valence-electron chi connectivity index (χ1n) is 10.9. The van der Waals surface area contributed by atoms with E-state index in [2.05, 4.69) is 16.0 Å². The van der Waals surface area contributed by atoms with Gasteiger partial charge in [-0.15, -0.1) is 0 Å². The van der Waals surface area contributed by atoms with E-state index in [4.69, 9.17) is 14.2 Å². The summed E-state index contributed by atoms with van der Waals surface area (Å²) < 4.78 is 15.8. The van der Waals surface area contributed by atoms with Gasteiger partial charge in [0, 0.05) is 5.69 Å². The van der Waals surface area contributed by atoms with E-state index in [0.717, 1.165) is 0 Å². The normalized spacial score (nSPS) is 11.9. The van der Waals surface area contributed by atoms with E-state index in [1.807, 2.05) is 13.8 Å². The van der Waals surface area contributed by atoms with E-state index in [-0.39, 0.29) is 5.92 Å². The van der Waals surface area contributed by atoms with E-state index in [1.165, 1.54) is 14.2 Å². The smallest absolute Gasteiger partial charge is 0.412 e. The van der Waals surface area contributed by atoms with Crippen LogP contribution in [0.5, 0.6) is 11.5 Å². The summed E-state index contributed by atoms with van der Waals surface area (Å²) in [6.07, 6.45) is -0.654. The van der Waals surface area contributed by atoms with Crippen LogP contribution in [0.1, 0.15) is 45.0 Å². The van der Waals surface area contributed by atoms with Crippen molar-refractivity contribution in [2.75, 3.05) is 24.9 Å². The highest BCUT2D eigenvalue weighted by Crippen LogP contribution is 2.29. The molecule has 0 aliphatic rings. The van der Waals surface area contributed by atoms with Crippen LogP contribution in [-0.4, -0.2) is 43.8 Å². The predicted molar refractivity (Wildman–Crippen MR) is 131 cm³/mol. The van der Waals surface area contributed by atoms with Gasteiger partial charge in [-0.25, -0.2) is 4.79 Å². The van der Waals surface area contributed by atoms with Crippen molar-refractivity contribution in [2.45, 2.75) is 46.3 Å². The van der Waals surface area contributed by atoms with Gasteiger partial charge in [-0.2, -0.15) is 0 Å². The zero-order valence-electron chi connectivity index (χ0n) is 20.6. The molecule has 0 aliphatic carbocycles. The lowest BCUT2D eigenvalue weighted by atomic mass is 10.0. The molecule has 0 bridgehead atoms. The molecule has 0 radical (unpaired) electrons. The van der Waals surface area contributed by atoms with E-state index >= 15 is 0 Å². The number of carbonyl (C=O) groups excluding carboxylic acids is 3. The number of para-hydroxylation sites is 1. The van der Waals surface area contributed by atoms with Crippen molar-refractivity contribution in [3.63, 3.8) is 0 Å². The average Bonchev–Trinajstić information content (AvgIpc) is 2.75. The molecule has 3 N–H and O–H groups in total. The molecule has 0 heterocycles. The van der Waals surface area contributed by atoms with Gasteiger partial charge in [0.15, 0.2) is 0 Å². The molecular weight excluding hydrogens is 438 g/mol. The summed E-state index contributed by atoms with van der Waals surface area (Å²) in [5.41, 5.74) is 0.396. The molecule has 2 aromatic carbocycles. The van der Waals surface area contributed by atoms with Crippen molar-refractivity contribution in [3.05, 3.63) is 48.0 Å². The van der Waals surface area contributed by atoms with Crippen LogP contribution in [0.25, 0.3) is 0 Å². The quantitative estimate of drug-likeness (QED) is 0.524. The number of anilines is 2. The Morgan fingerprint density at radius 2 is 1.53 bits per heavy atom. The summed E-state index contributed by atoms with van der Waals surface area (Å²) in [5.74, 6) is -0.221. The summed E-state index contributed by atoms with van der Waals surface area (Å²) in [6.45, 7) is 8.93. The fraction of sp³-hybridized carbons (Fsp3) is 0.400. The van der Waals surface area contributed by atoms with Crippen LogP contribution in [0.3, 0.4) is 0 Å². The molecule has 0 aliphatic heterocycles. The third-order valence-corrected chi connectivity index (χ3v) is 4.69. The molecule has 0 fully saturated rings. The summed E-state index contributed by atoms with van der Waals surface area (Å²) >= 11 is 0. The fourth-order valence-electron chi connectivity index (χ4n) is 3.10. The highest BCUT2D eigenvalue weighted by atomic mass is 16.6. The first-order chi connectivity index (χ1) is 15.9. The summed E-state index contributed by atoms with van der Waals surface area (Å²) in [7, 11) is 2.95. The van der Waals surface area contributed by atoms with Gasteiger partial charge >= 0.3 is 6.09 Å². The van der Waals surface area contributed by atoms with Crippen molar-refractivity contribution < 1.29 is 28.6 Å². The highest BCUT2D eigenvalue weighted by molar-refractivity contribution is 6.03. The first-order valence-corrected chi connectivity index (χ1v) is 10.9. The van der Waals surface area contributed by atoms with Gasteiger partial charge in [0.25, 0.3) is 5.91 Å². The zero-order chi connectivity index (χ0) is 25.5. The Labute approximate surface area is 200 Å².